The molecule has 0 fully saturated rings. The van der Waals surface area contributed by atoms with E-state index in [-0.39, 0.29) is 17.3 Å². The first-order valence-corrected chi connectivity index (χ1v) is 11.8. The van der Waals surface area contributed by atoms with Crippen molar-refractivity contribution in [2.24, 2.45) is 0 Å². The topological polar surface area (TPSA) is 52.2 Å². The molecule has 0 aliphatic rings. The Labute approximate surface area is 186 Å². The minimum Gasteiger partial charge on any atom is -0.275 e. The van der Waals surface area contributed by atoms with Gasteiger partial charge in [-0.2, -0.15) is 0 Å². The van der Waals surface area contributed by atoms with Crippen molar-refractivity contribution in [3.63, 3.8) is 0 Å². The lowest BCUT2D eigenvalue weighted by molar-refractivity contribution is 0.588. The van der Waals surface area contributed by atoms with Crippen LogP contribution in [0.4, 0.5) is 4.39 Å². The minimum atomic E-state index is -0.256. The van der Waals surface area contributed by atoms with E-state index in [9.17, 15) is 9.18 Å². The summed E-state index contributed by atoms with van der Waals surface area (Å²) < 4.78 is 17.9. The van der Waals surface area contributed by atoms with Gasteiger partial charge in [-0.1, -0.05) is 61.2 Å². The Balaban J connectivity index is 1.56. The zero-order chi connectivity index (χ0) is 21.4. The van der Waals surface area contributed by atoms with Gasteiger partial charge in [0.1, 0.15) is 10.5 Å². The lowest BCUT2D eigenvalue weighted by atomic mass is 10.0. The van der Waals surface area contributed by atoms with Crippen LogP contribution in [-0.4, -0.2) is 19.2 Å². The van der Waals surface area contributed by atoms with Gasteiger partial charge < -0.3 is 0 Å². The summed E-state index contributed by atoms with van der Waals surface area (Å²) in [4.78, 5) is 13.2. The Morgan fingerprint density at radius 3 is 2.74 bits per heavy atom. The summed E-state index contributed by atoms with van der Waals surface area (Å²) in [6.45, 7) is 2.61. The first kappa shape index (κ1) is 20.0. The lowest BCUT2D eigenvalue weighted by Crippen LogP contribution is -2.24. The van der Waals surface area contributed by atoms with Crippen molar-refractivity contribution in [2.75, 3.05) is 0 Å². The second kappa shape index (κ2) is 8.28. The molecule has 5 nitrogen and oxygen atoms in total. The molecule has 156 valence electrons. The summed E-state index contributed by atoms with van der Waals surface area (Å²) in [7, 11) is 0. The molecule has 5 aromatic rings. The van der Waals surface area contributed by atoms with Gasteiger partial charge in [0.15, 0.2) is 5.16 Å². The van der Waals surface area contributed by atoms with E-state index >= 15 is 0 Å². The van der Waals surface area contributed by atoms with Crippen molar-refractivity contribution < 1.29 is 4.39 Å². The standard InChI is InChI=1S/C23H19FN4OS2/c1-15(17-7-3-2-4-8-17)13-27-21(29)20-19(10-11-30-20)28-22(27)25-26-23(28)31-14-16-6-5-9-18(24)12-16/h2-12,15H,13-14H2,1H3. The highest BCUT2D eigenvalue weighted by atomic mass is 32.2. The number of fused-ring (bicyclic) bond motifs is 3. The van der Waals surface area contributed by atoms with Crippen LogP contribution in [0.25, 0.3) is 16.0 Å². The predicted molar refractivity (Wildman–Crippen MR) is 123 cm³/mol. The molecule has 0 saturated heterocycles. The average molecular weight is 451 g/mol. The third kappa shape index (κ3) is 3.77. The molecule has 0 radical (unpaired) electrons. The summed E-state index contributed by atoms with van der Waals surface area (Å²) in [6.07, 6.45) is 0. The van der Waals surface area contributed by atoms with Gasteiger partial charge >= 0.3 is 0 Å². The van der Waals surface area contributed by atoms with E-state index in [0.717, 1.165) is 11.1 Å². The zero-order valence-electron chi connectivity index (χ0n) is 16.7. The fraction of sp³-hybridized carbons (Fsp3) is 0.174. The van der Waals surface area contributed by atoms with Gasteiger partial charge in [-0.3, -0.25) is 13.8 Å². The molecular formula is C23H19FN4OS2. The van der Waals surface area contributed by atoms with Crippen LogP contribution in [-0.2, 0) is 12.3 Å². The second-order valence-corrected chi connectivity index (χ2v) is 9.26. The third-order valence-electron chi connectivity index (χ3n) is 5.26. The maximum absolute atomic E-state index is 13.5. The summed E-state index contributed by atoms with van der Waals surface area (Å²) in [5, 5.41) is 11.3. The van der Waals surface area contributed by atoms with E-state index in [2.05, 4.69) is 29.3 Å². The molecule has 0 bridgehead atoms. The molecule has 0 spiro atoms. The van der Waals surface area contributed by atoms with Crippen LogP contribution in [0.1, 0.15) is 24.0 Å². The summed E-state index contributed by atoms with van der Waals surface area (Å²) in [5.74, 6) is 0.970. The third-order valence-corrected chi connectivity index (χ3v) is 7.16. The van der Waals surface area contributed by atoms with Crippen LogP contribution >= 0.6 is 23.1 Å². The van der Waals surface area contributed by atoms with Gasteiger partial charge in [-0.05, 0) is 40.6 Å². The fourth-order valence-electron chi connectivity index (χ4n) is 3.69. The predicted octanol–water partition coefficient (Wildman–Crippen LogP) is 5.34. The fourth-order valence-corrected chi connectivity index (χ4v) is 5.40. The van der Waals surface area contributed by atoms with Crippen LogP contribution in [0.2, 0.25) is 0 Å². The van der Waals surface area contributed by atoms with Crippen LogP contribution in [0.5, 0.6) is 0 Å². The Bertz CT molecular complexity index is 1420. The quantitative estimate of drug-likeness (QED) is 0.328. The van der Waals surface area contributed by atoms with Crippen molar-refractivity contribution >= 4 is 39.1 Å². The molecule has 0 aliphatic heterocycles. The number of hydrogen-bond donors (Lipinski definition) is 0. The van der Waals surface area contributed by atoms with Crippen molar-refractivity contribution in [2.45, 2.75) is 30.3 Å². The Morgan fingerprint density at radius 2 is 1.94 bits per heavy atom. The van der Waals surface area contributed by atoms with Crippen molar-refractivity contribution in [3.05, 3.63) is 93.3 Å². The van der Waals surface area contributed by atoms with E-state index in [1.54, 1.807) is 10.6 Å². The summed E-state index contributed by atoms with van der Waals surface area (Å²) >= 11 is 2.90. The number of rotatable bonds is 6. The number of thioether (sulfide) groups is 1. The molecule has 2 aromatic carbocycles. The van der Waals surface area contributed by atoms with Crippen LogP contribution in [0, 0.1) is 5.82 Å². The highest BCUT2D eigenvalue weighted by Crippen LogP contribution is 2.27. The first-order chi connectivity index (χ1) is 15.1. The van der Waals surface area contributed by atoms with Gasteiger partial charge in [-0.25, -0.2) is 4.39 Å². The molecule has 1 atom stereocenters. The normalized spacial score (nSPS) is 12.6. The summed E-state index contributed by atoms with van der Waals surface area (Å²) in [6, 6.07) is 18.6. The number of hydrogen-bond acceptors (Lipinski definition) is 5. The van der Waals surface area contributed by atoms with Crippen molar-refractivity contribution in [1.82, 2.24) is 19.2 Å². The Hall–Kier alpha value is -2.97. The molecule has 5 rings (SSSR count). The molecule has 0 amide bonds. The number of aromatic nitrogens is 4. The Morgan fingerprint density at radius 1 is 1.10 bits per heavy atom. The number of halogens is 1. The monoisotopic (exact) mass is 450 g/mol. The van der Waals surface area contributed by atoms with E-state index in [0.29, 0.717) is 27.9 Å². The molecule has 1 unspecified atom stereocenters. The molecule has 0 aliphatic carbocycles. The lowest BCUT2D eigenvalue weighted by Gasteiger charge is -2.15. The highest BCUT2D eigenvalue weighted by molar-refractivity contribution is 7.98. The van der Waals surface area contributed by atoms with Crippen molar-refractivity contribution in [1.29, 1.82) is 0 Å². The molecule has 3 aromatic heterocycles. The second-order valence-electron chi connectivity index (χ2n) is 7.40. The largest absolute Gasteiger partial charge is 0.275 e. The molecule has 3 heterocycles. The molecule has 8 heteroatoms. The highest BCUT2D eigenvalue weighted by Gasteiger charge is 2.19. The maximum Gasteiger partial charge on any atom is 0.272 e. The van der Waals surface area contributed by atoms with Gasteiger partial charge in [0.25, 0.3) is 5.56 Å². The van der Waals surface area contributed by atoms with Crippen LogP contribution < -0.4 is 5.56 Å². The summed E-state index contributed by atoms with van der Waals surface area (Å²) in [5.41, 5.74) is 2.79. The van der Waals surface area contributed by atoms with E-state index < -0.39 is 0 Å². The number of benzene rings is 2. The minimum absolute atomic E-state index is 0.0469. The maximum atomic E-state index is 13.5. The van der Waals surface area contributed by atoms with Gasteiger partial charge in [-0.15, -0.1) is 21.5 Å². The van der Waals surface area contributed by atoms with Gasteiger partial charge in [0, 0.05) is 12.3 Å². The van der Waals surface area contributed by atoms with Crippen LogP contribution in [0.15, 0.2) is 76.0 Å². The number of nitrogens with zero attached hydrogens (tertiary/aromatic N) is 4. The smallest absolute Gasteiger partial charge is 0.272 e. The first-order valence-electron chi connectivity index (χ1n) is 9.89. The van der Waals surface area contributed by atoms with Gasteiger partial charge in [0.05, 0.1) is 5.52 Å². The van der Waals surface area contributed by atoms with Crippen LogP contribution in [0.3, 0.4) is 0 Å². The molecular weight excluding hydrogens is 431 g/mol. The molecule has 0 N–H and O–H groups in total. The van der Waals surface area contributed by atoms with E-state index in [4.69, 9.17) is 0 Å². The molecule has 0 saturated carbocycles. The van der Waals surface area contributed by atoms with E-state index in [1.807, 2.05) is 40.1 Å². The van der Waals surface area contributed by atoms with Gasteiger partial charge in [0.2, 0.25) is 5.78 Å². The average Bonchev–Trinajstić information content (AvgIpc) is 3.43. The SMILES string of the molecule is CC(Cn1c(=O)c2sccc2n2c(SCc3cccc(F)c3)nnc12)c1ccccc1. The molecule has 31 heavy (non-hydrogen) atoms. The number of thiophene rings is 1. The van der Waals surface area contributed by atoms with Crippen molar-refractivity contribution in [3.8, 4) is 0 Å². The zero-order valence-corrected chi connectivity index (χ0v) is 18.4. The Kier molecular flexibility index (Phi) is 5.33. The van der Waals surface area contributed by atoms with E-state index in [1.165, 1.54) is 40.8 Å².